The molecule has 0 radical (unpaired) electrons. The number of nitrogens with zero attached hydrogens (tertiary/aromatic N) is 1. The van der Waals surface area contributed by atoms with Crippen molar-refractivity contribution in [3.05, 3.63) is 65.7 Å². The number of rotatable bonds is 7. The standard InChI is InChI=1S/C19H25N3S/c1-16-9-11-18(12-10-16)21-19(23)20-13-6-14-22(2)15-17-7-4-3-5-8-17/h3-5,7-12H,6,13-15H2,1-2H3,(H2,20,21,23). The molecule has 4 heteroatoms. The normalized spacial score (nSPS) is 10.6. The summed E-state index contributed by atoms with van der Waals surface area (Å²) in [4.78, 5) is 2.33. The zero-order chi connectivity index (χ0) is 16.5. The van der Waals surface area contributed by atoms with Gasteiger partial charge in [0, 0.05) is 18.8 Å². The highest BCUT2D eigenvalue weighted by Crippen LogP contribution is 2.08. The van der Waals surface area contributed by atoms with Crippen LogP contribution in [0.2, 0.25) is 0 Å². The third-order valence-electron chi connectivity index (χ3n) is 3.61. The molecule has 2 aromatic rings. The first-order valence-electron chi connectivity index (χ1n) is 7.97. The molecule has 2 N–H and O–H groups in total. The Labute approximate surface area is 144 Å². The van der Waals surface area contributed by atoms with E-state index in [1.54, 1.807) is 0 Å². The monoisotopic (exact) mass is 327 g/mol. The van der Waals surface area contributed by atoms with Gasteiger partial charge >= 0.3 is 0 Å². The van der Waals surface area contributed by atoms with Crippen LogP contribution in [0.1, 0.15) is 17.5 Å². The molecule has 0 saturated carbocycles. The fraction of sp³-hybridized carbons (Fsp3) is 0.316. The lowest BCUT2D eigenvalue weighted by molar-refractivity contribution is 0.322. The average molecular weight is 327 g/mol. The van der Waals surface area contributed by atoms with Crippen molar-refractivity contribution < 1.29 is 0 Å². The number of nitrogens with one attached hydrogen (secondary N) is 2. The van der Waals surface area contributed by atoms with Gasteiger partial charge in [-0.1, -0.05) is 48.0 Å². The van der Waals surface area contributed by atoms with Crippen LogP contribution in [0.3, 0.4) is 0 Å². The maximum Gasteiger partial charge on any atom is 0.170 e. The second-order valence-corrected chi connectivity index (χ2v) is 6.23. The highest BCUT2D eigenvalue weighted by molar-refractivity contribution is 7.80. The molecule has 2 aromatic carbocycles. The molecule has 23 heavy (non-hydrogen) atoms. The molecule has 0 aromatic heterocycles. The Hall–Kier alpha value is -1.91. The first-order valence-corrected chi connectivity index (χ1v) is 8.38. The molecule has 0 unspecified atom stereocenters. The maximum atomic E-state index is 5.32. The van der Waals surface area contributed by atoms with Crippen molar-refractivity contribution in [2.75, 3.05) is 25.5 Å². The van der Waals surface area contributed by atoms with Crippen LogP contribution in [0.4, 0.5) is 5.69 Å². The van der Waals surface area contributed by atoms with Crippen molar-refractivity contribution in [2.24, 2.45) is 0 Å². The van der Waals surface area contributed by atoms with Gasteiger partial charge in [-0.05, 0) is 56.9 Å². The van der Waals surface area contributed by atoms with Crippen molar-refractivity contribution in [3.63, 3.8) is 0 Å². The quantitative estimate of drug-likeness (QED) is 0.597. The van der Waals surface area contributed by atoms with E-state index in [4.69, 9.17) is 12.2 Å². The second kappa shape index (κ2) is 9.28. The van der Waals surface area contributed by atoms with Gasteiger partial charge in [0.25, 0.3) is 0 Å². The first-order chi connectivity index (χ1) is 11.1. The Morgan fingerprint density at radius 3 is 2.43 bits per heavy atom. The Bertz CT molecular complexity index is 596. The van der Waals surface area contributed by atoms with Gasteiger partial charge in [-0.3, -0.25) is 0 Å². The molecule has 0 amide bonds. The van der Waals surface area contributed by atoms with Crippen LogP contribution in [0, 0.1) is 6.92 Å². The van der Waals surface area contributed by atoms with Crippen LogP contribution in [0.15, 0.2) is 54.6 Å². The summed E-state index contributed by atoms with van der Waals surface area (Å²) in [6, 6.07) is 18.8. The highest BCUT2D eigenvalue weighted by atomic mass is 32.1. The van der Waals surface area contributed by atoms with Gasteiger partial charge in [0.15, 0.2) is 5.11 Å². The molecule has 0 bridgehead atoms. The lowest BCUT2D eigenvalue weighted by Crippen LogP contribution is -2.31. The van der Waals surface area contributed by atoms with Crippen molar-refractivity contribution in [3.8, 4) is 0 Å². The fourth-order valence-electron chi connectivity index (χ4n) is 2.34. The second-order valence-electron chi connectivity index (χ2n) is 5.82. The molecule has 3 nitrogen and oxygen atoms in total. The van der Waals surface area contributed by atoms with Crippen LogP contribution >= 0.6 is 12.2 Å². The average Bonchev–Trinajstić information content (AvgIpc) is 2.55. The fourth-order valence-corrected chi connectivity index (χ4v) is 2.56. The molecule has 0 atom stereocenters. The number of benzene rings is 2. The van der Waals surface area contributed by atoms with Gasteiger partial charge < -0.3 is 15.5 Å². The molecule has 0 aliphatic rings. The summed E-state index contributed by atoms with van der Waals surface area (Å²) in [5.41, 5.74) is 3.62. The lowest BCUT2D eigenvalue weighted by atomic mass is 10.2. The number of aryl methyl sites for hydroxylation is 1. The third kappa shape index (κ3) is 6.80. The molecule has 0 heterocycles. The predicted molar refractivity (Wildman–Crippen MR) is 103 cm³/mol. The lowest BCUT2D eigenvalue weighted by Gasteiger charge is -2.17. The Balaban J connectivity index is 1.61. The predicted octanol–water partition coefficient (Wildman–Crippen LogP) is 3.80. The van der Waals surface area contributed by atoms with Gasteiger partial charge in [-0.15, -0.1) is 0 Å². The number of thiocarbonyl (C=S) groups is 1. The van der Waals surface area contributed by atoms with Gasteiger partial charge in [0.2, 0.25) is 0 Å². The minimum absolute atomic E-state index is 0.680. The zero-order valence-corrected chi connectivity index (χ0v) is 14.7. The summed E-state index contributed by atoms with van der Waals surface area (Å²) in [5, 5.41) is 7.14. The molecule has 0 aliphatic carbocycles. The van der Waals surface area contributed by atoms with E-state index in [0.29, 0.717) is 5.11 Å². The topological polar surface area (TPSA) is 27.3 Å². The third-order valence-corrected chi connectivity index (χ3v) is 3.85. The van der Waals surface area contributed by atoms with E-state index in [0.717, 1.165) is 31.7 Å². The van der Waals surface area contributed by atoms with Crippen LogP contribution < -0.4 is 10.6 Å². The number of hydrogen-bond donors (Lipinski definition) is 2. The van der Waals surface area contributed by atoms with E-state index in [9.17, 15) is 0 Å². The molecule has 122 valence electrons. The first kappa shape index (κ1) is 17.4. The van der Waals surface area contributed by atoms with E-state index < -0.39 is 0 Å². The molecule has 0 spiro atoms. The molecule has 0 fully saturated rings. The smallest absolute Gasteiger partial charge is 0.170 e. The summed E-state index contributed by atoms with van der Waals surface area (Å²) >= 11 is 5.32. The maximum absolute atomic E-state index is 5.32. The molecule has 2 rings (SSSR count). The van der Waals surface area contributed by atoms with Crippen LogP contribution in [0.5, 0.6) is 0 Å². The largest absolute Gasteiger partial charge is 0.362 e. The minimum atomic E-state index is 0.680. The van der Waals surface area contributed by atoms with E-state index in [1.807, 2.05) is 12.1 Å². The summed E-state index contributed by atoms with van der Waals surface area (Å²) in [6.07, 6.45) is 1.05. The molecule has 0 aliphatic heterocycles. The van der Waals surface area contributed by atoms with Crippen molar-refractivity contribution >= 4 is 23.0 Å². The van der Waals surface area contributed by atoms with Crippen LogP contribution in [-0.2, 0) is 6.54 Å². The van der Waals surface area contributed by atoms with E-state index >= 15 is 0 Å². The highest BCUT2D eigenvalue weighted by Gasteiger charge is 2.01. The van der Waals surface area contributed by atoms with Crippen LogP contribution in [-0.4, -0.2) is 30.1 Å². The Morgan fingerprint density at radius 2 is 1.74 bits per heavy atom. The Kier molecular flexibility index (Phi) is 7.04. The minimum Gasteiger partial charge on any atom is -0.362 e. The summed E-state index contributed by atoms with van der Waals surface area (Å²) in [5.74, 6) is 0. The van der Waals surface area contributed by atoms with Gasteiger partial charge in [0.1, 0.15) is 0 Å². The SMILES string of the molecule is Cc1ccc(NC(=S)NCCCN(C)Cc2ccccc2)cc1. The number of hydrogen-bond acceptors (Lipinski definition) is 2. The zero-order valence-electron chi connectivity index (χ0n) is 13.9. The summed E-state index contributed by atoms with van der Waals surface area (Å²) < 4.78 is 0. The molecular formula is C19H25N3S. The summed E-state index contributed by atoms with van der Waals surface area (Å²) in [7, 11) is 2.15. The van der Waals surface area contributed by atoms with Crippen molar-refractivity contribution in [2.45, 2.75) is 19.9 Å². The number of anilines is 1. The van der Waals surface area contributed by atoms with Gasteiger partial charge in [-0.25, -0.2) is 0 Å². The molecular weight excluding hydrogens is 302 g/mol. The van der Waals surface area contributed by atoms with Gasteiger partial charge in [0.05, 0.1) is 0 Å². The summed E-state index contributed by atoms with van der Waals surface area (Å²) in [6.45, 7) is 4.96. The molecule has 0 saturated heterocycles. The van der Waals surface area contributed by atoms with Gasteiger partial charge in [-0.2, -0.15) is 0 Å². The van der Waals surface area contributed by atoms with Crippen molar-refractivity contribution in [1.29, 1.82) is 0 Å². The Morgan fingerprint density at radius 1 is 1.04 bits per heavy atom. The van der Waals surface area contributed by atoms with E-state index in [2.05, 4.69) is 72.0 Å². The van der Waals surface area contributed by atoms with E-state index in [-0.39, 0.29) is 0 Å². The van der Waals surface area contributed by atoms with E-state index in [1.165, 1.54) is 11.1 Å². The van der Waals surface area contributed by atoms with Crippen molar-refractivity contribution in [1.82, 2.24) is 10.2 Å². The van der Waals surface area contributed by atoms with Crippen LogP contribution in [0.25, 0.3) is 0 Å².